The molecule has 3 aromatic rings. The van der Waals surface area contributed by atoms with E-state index in [9.17, 15) is 9.90 Å². The molecule has 0 saturated heterocycles. The van der Waals surface area contributed by atoms with Crippen molar-refractivity contribution in [2.45, 2.75) is 0 Å². The van der Waals surface area contributed by atoms with E-state index in [4.69, 9.17) is 5.41 Å². The summed E-state index contributed by atoms with van der Waals surface area (Å²) in [5.41, 5.74) is 1.16. The van der Waals surface area contributed by atoms with E-state index in [2.05, 4.69) is 4.98 Å². The van der Waals surface area contributed by atoms with Crippen LogP contribution in [0.4, 0.5) is 0 Å². The lowest BCUT2D eigenvalue weighted by Gasteiger charge is -2.03. The highest BCUT2D eigenvalue weighted by Crippen LogP contribution is 2.28. The second-order valence-electron chi connectivity index (χ2n) is 4.46. The number of hydrogen-bond acceptors (Lipinski definition) is 3. The molecule has 1 heterocycles. The summed E-state index contributed by atoms with van der Waals surface area (Å²) in [4.78, 5) is 15.1. The van der Waals surface area contributed by atoms with Crippen LogP contribution in [-0.2, 0) is 0 Å². The molecular weight excluding hydrogens is 252 g/mol. The van der Waals surface area contributed by atoms with E-state index < -0.39 is 5.78 Å². The monoisotopic (exact) mass is 264 g/mol. The largest absolute Gasteiger partial charge is 0.494 e. The van der Waals surface area contributed by atoms with Crippen LogP contribution in [0.5, 0.6) is 5.88 Å². The second-order valence-corrected chi connectivity index (χ2v) is 4.46. The summed E-state index contributed by atoms with van der Waals surface area (Å²) >= 11 is 0. The Kier molecular flexibility index (Phi) is 2.84. The van der Waals surface area contributed by atoms with Crippen LogP contribution in [0.15, 0.2) is 54.6 Å². The number of H-pyrrole nitrogens is 1. The van der Waals surface area contributed by atoms with Gasteiger partial charge < -0.3 is 10.1 Å². The Morgan fingerprint density at radius 2 is 1.65 bits per heavy atom. The number of Topliss-reactive ketones (excluding diaryl/α,β-unsaturated/α-hetero) is 1. The van der Waals surface area contributed by atoms with Crippen molar-refractivity contribution in [1.82, 2.24) is 4.98 Å². The summed E-state index contributed by atoms with van der Waals surface area (Å²) in [7, 11) is 0. The summed E-state index contributed by atoms with van der Waals surface area (Å²) < 4.78 is 0. The Hall–Kier alpha value is -2.88. The van der Waals surface area contributed by atoms with Gasteiger partial charge in [0.1, 0.15) is 5.71 Å². The SMILES string of the molecule is N=C(C(=O)c1ccccc1)c1c(O)[nH]c2ccccc12. The van der Waals surface area contributed by atoms with Crippen LogP contribution in [0.1, 0.15) is 15.9 Å². The van der Waals surface area contributed by atoms with Crippen molar-refractivity contribution in [2.24, 2.45) is 0 Å². The van der Waals surface area contributed by atoms with Crippen molar-refractivity contribution in [1.29, 1.82) is 5.41 Å². The van der Waals surface area contributed by atoms with Crippen LogP contribution in [0, 0.1) is 5.41 Å². The normalized spacial score (nSPS) is 10.6. The van der Waals surface area contributed by atoms with Gasteiger partial charge in [-0.05, 0) is 6.07 Å². The van der Waals surface area contributed by atoms with Gasteiger partial charge in [-0.15, -0.1) is 0 Å². The lowest BCUT2D eigenvalue weighted by Crippen LogP contribution is -2.14. The lowest BCUT2D eigenvalue weighted by atomic mass is 10.00. The lowest BCUT2D eigenvalue weighted by molar-refractivity contribution is 0.106. The van der Waals surface area contributed by atoms with E-state index >= 15 is 0 Å². The third-order valence-electron chi connectivity index (χ3n) is 3.20. The maximum atomic E-state index is 12.3. The Balaban J connectivity index is 2.10. The fourth-order valence-corrected chi connectivity index (χ4v) is 2.23. The van der Waals surface area contributed by atoms with Gasteiger partial charge in [-0.3, -0.25) is 10.2 Å². The highest BCUT2D eigenvalue weighted by atomic mass is 16.3. The zero-order valence-corrected chi connectivity index (χ0v) is 10.6. The number of para-hydroxylation sites is 1. The molecule has 4 nitrogen and oxygen atoms in total. The smallest absolute Gasteiger partial charge is 0.211 e. The minimum absolute atomic E-state index is 0.152. The third kappa shape index (κ3) is 1.87. The molecule has 0 aliphatic carbocycles. The molecule has 0 unspecified atom stereocenters. The van der Waals surface area contributed by atoms with Gasteiger partial charge in [-0.25, -0.2) is 0 Å². The van der Waals surface area contributed by atoms with Gasteiger partial charge in [0.25, 0.3) is 0 Å². The maximum absolute atomic E-state index is 12.3. The molecule has 98 valence electrons. The van der Waals surface area contributed by atoms with Crippen molar-refractivity contribution in [3.8, 4) is 5.88 Å². The van der Waals surface area contributed by atoms with Crippen molar-refractivity contribution in [3.05, 3.63) is 65.7 Å². The molecule has 4 heteroatoms. The van der Waals surface area contributed by atoms with Gasteiger partial charge in [0.2, 0.25) is 5.78 Å². The molecule has 0 bridgehead atoms. The number of hydrogen-bond donors (Lipinski definition) is 3. The minimum Gasteiger partial charge on any atom is -0.494 e. The van der Waals surface area contributed by atoms with Crippen LogP contribution in [0.3, 0.4) is 0 Å². The van der Waals surface area contributed by atoms with Crippen LogP contribution in [-0.4, -0.2) is 21.6 Å². The molecule has 3 rings (SSSR count). The third-order valence-corrected chi connectivity index (χ3v) is 3.20. The highest BCUT2D eigenvalue weighted by Gasteiger charge is 2.21. The first-order valence-corrected chi connectivity index (χ1v) is 6.17. The van der Waals surface area contributed by atoms with Crippen molar-refractivity contribution < 1.29 is 9.90 Å². The summed E-state index contributed by atoms with van der Waals surface area (Å²) in [5, 5.41) is 18.7. The Morgan fingerprint density at radius 3 is 2.40 bits per heavy atom. The van der Waals surface area contributed by atoms with Gasteiger partial charge in [-0.1, -0.05) is 48.5 Å². The molecule has 0 aliphatic heterocycles. The predicted octanol–water partition coefficient (Wildman–Crippen LogP) is 3.12. The highest BCUT2D eigenvalue weighted by molar-refractivity contribution is 6.52. The van der Waals surface area contributed by atoms with Crippen LogP contribution in [0.25, 0.3) is 10.9 Å². The van der Waals surface area contributed by atoms with Gasteiger partial charge in [0.05, 0.1) is 5.56 Å². The van der Waals surface area contributed by atoms with Gasteiger partial charge in [-0.2, -0.15) is 0 Å². The van der Waals surface area contributed by atoms with Crippen LogP contribution >= 0.6 is 0 Å². The topological polar surface area (TPSA) is 76.9 Å². The zero-order valence-electron chi connectivity index (χ0n) is 10.6. The van der Waals surface area contributed by atoms with E-state index in [1.165, 1.54) is 0 Å². The summed E-state index contributed by atoms with van der Waals surface area (Å²) in [6, 6.07) is 15.8. The first kappa shape index (κ1) is 12.2. The number of carbonyl (C=O) groups excluding carboxylic acids is 1. The fourth-order valence-electron chi connectivity index (χ4n) is 2.23. The number of nitrogens with one attached hydrogen (secondary N) is 2. The number of rotatable bonds is 3. The summed E-state index contributed by atoms with van der Waals surface area (Å²) in [6.07, 6.45) is 0. The van der Waals surface area contributed by atoms with Crippen LogP contribution < -0.4 is 0 Å². The molecule has 0 fully saturated rings. The fraction of sp³-hybridized carbons (Fsp3) is 0. The van der Waals surface area contributed by atoms with Gasteiger partial charge in [0, 0.05) is 16.5 Å². The molecular formula is C16H12N2O2. The molecule has 0 saturated carbocycles. The number of aromatic amines is 1. The first-order valence-electron chi connectivity index (χ1n) is 6.17. The maximum Gasteiger partial charge on any atom is 0.211 e. The summed E-state index contributed by atoms with van der Waals surface area (Å²) in [5.74, 6) is -0.564. The van der Waals surface area contributed by atoms with E-state index in [1.807, 2.05) is 12.1 Å². The van der Waals surface area contributed by atoms with E-state index in [1.54, 1.807) is 42.5 Å². The molecule has 0 aliphatic rings. The Bertz CT molecular complexity index is 804. The average Bonchev–Trinajstić information content (AvgIpc) is 2.82. The molecule has 1 aromatic heterocycles. The Morgan fingerprint density at radius 1 is 1.00 bits per heavy atom. The standard InChI is InChI=1S/C16H12N2O2/c17-14(15(19)10-6-2-1-3-7-10)13-11-8-4-5-9-12(11)18-16(13)20/h1-9,17-18,20H. The molecule has 2 aromatic carbocycles. The van der Waals surface area contributed by atoms with Crippen molar-refractivity contribution in [2.75, 3.05) is 0 Å². The minimum atomic E-state index is -0.411. The van der Waals surface area contributed by atoms with Gasteiger partial charge >= 0.3 is 0 Å². The van der Waals surface area contributed by atoms with E-state index in [-0.39, 0.29) is 17.2 Å². The number of fused-ring (bicyclic) bond motifs is 1. The Labute approximate surface area is 115 Å². The number of aromatic hydroxyl groups is 1. The van der Waals surface area contributed by atoms with Gasteiger partial charge in [0.15, 0.2) is 5.88 Å². The first-order chi connectivity index (χ1) is 9.68. The number of carbonyl (C=O) groups is 1. The molecule has 0 radical (unpaired) electrons. The second kappa shape index (κ2) is 4.66. The average molecular weight is 264 g/mol. The van der Waals surface area contributed by atoms with Crippen molar-refractivity contribution in [3.63, 3.8) is 0 Å². The summed E-state index contributed by atoms with van der Waals surface area (Å²) in [6.45, 7) is 0. The van der Waals surface area contributed by atoms with E-state index in [0.29, 0.717) is 16.5 Å². The van der Waals surface area contributed by atoms with Crippen molar-refractivity contribution >= 4 is 22.4 Å². The number of benzene rings is 2. The number of ketones is 1. The molecule has 20 heavy (non-hydrogen) atoms. The number of aromatic nitrogens is 1. The molecule has 3 N–H and O–H groups in total. The zero-order chi connectivity index (χ0) is 14.1. The molecule has 0 spiro atoms. The van der Waals surface area contributed by atoms with E-state index in [0.717, 1.165) is 0 Å². The quantitative estimate of drug-likeness (QED) is 0.502. The predicted molar refractivity (Wildman–Crippen MR) is 77.6 cm³/mol. The molecule has 0 atom stereocenters. The molecule has 0 amide bonds. The van der Waals surface area contributed by atoms with Crippen LogP contribution in [0.2, 0.25) is 0 Å².